The summed E-state index contributed by atoms with van der Waals surface area (Å²) in [5, 5.41) is 6.15. The van der Waals surface area contributed by atoms with Gasteiger partial charge in [-0.25, -0.2) is 4.79 Å². The Hall–Kier alpha value is -2.57. The van der Waals surface area contributed by atoms with E-state index in [0.717, 1.165) is 51.4 Å². The van der Waals surface area contributed by atoms with Gasteiger partial charge in [0.25, 0.3) is 0 Å². The zero-order valence-electron chi connectivity index (χ0n) is 17.6. The first kappa shape index (κ1) is 20.7. The Morgan fingerprint density at radius 2 is 1.13 bits per heavy atom. The first-order valence-electron chi connectivity index (χ1n) is 11.4. The monoisotopic (exact) mass is 412 g/mol. The van der Waals surface area contributed by atoms with Crippen LogP contribution in [0.15, 0.2) is 29.1 Å². The molecule has 0 spiro atoms. The third kappa shape index (κ3) is 4.77. The van der Waals surface area contributed by atoms with Gasteiger partial charge >= 0.3 is 5.69 Å². The highest BCUT2D eigenvalue weighted by Crippen LogP contribution is 2.19. The smallest absolute Gasteiger partial charge is 0.330 e. The molecule has 1 aromatic carbocycles. The van der Waals surface area contributed by atoms with Gasteiger partial charge in [-0.3, -0.25) is 18.7 Å². The summed E-state index contributed by atoms with van der Waals surface area (Å²) in [5.74, 6) is -0.280. The van der Waals surface area contributed by atoms with Gasteiger partial charge in [0.15, 0.2) is 0 Å². The molecule has 7 heteroatoms. The molecule has 0 saturated heterocycles. The van der Waals surface area contributed by atoms with E-state index in [4.69, 9.17) is 0 Å². The number of hydrogen-bond acceptors (Lipinski definition) is 3. The molecule has 4 rings (SSSR count). The van der Waals surface area contributed by atoms with Crippen molar-refractivity contribution in [2.75, 3.05) is 0 Å². The molecule has 0 atom stereocenters. The maximum Gasteiger partial charge on any atom is 0.330 e. The number of carbonyl (C=O) groups excluding carboxylic acids is 2. The van der Waals surface area contributed by atoms with Crippen LogP contribution >= 0.6 is 0 Å². The summed E-state index contributed by atoms with van der Waals surface area (Å²) in [6, 6.07) is 7.78. The van der Waals surface area contributed by atoms with E-state index in [1.54, 1.807) is 0 Å². The fourth-order valence-corrected chi connectivity index (χ4v) is 4.91. The van der Waals surface area contributed by atoms with Gasteiger partial charge in [-0.2, -0.15) is 0 Å². The fraction of sp³-hybridized carbons (Fsp3) is 0.609. The molecule has 2 aromatic rings. The molecule has 1 aromatic heterocycles. The van der Waals surface area contributed by atoms with Crippen LogP contribution in [0.1, 0.15) is 64.2 Å². The first-order valence-corrected chi connectivity index (χ1v) is 11.4. The second-order valence-electron chi connectivity index (χ2n) is 8.75. The molecule has 2 fully saturated rings. The van der Waals surface area contributed by atoms with Crippen molar-refractivity contribution >= 4 is 22.8 Å². The highest BCUT2D eigenvalue weighted by molar-refractivity contribution is 5.83. The number of carbonyl (C=O) groups is 2. The Kier molecular flexibility index (Phi) is 6.55. The Morgan fingerprint density at radius 3 is 1.53 bits per heavy atom. The van der Waals surface area contributed by atoms with Gasteiger partial charge in [0.1, 0.15) is 13.1 Å². The minimum absolute atomic E-state index is 0.0207. The molecule has 162 valence electrons. The summed E-state index contributed by atoms with van der Waals surface area (Å²) in [6.07, 6.45) is 11.0. The van der Waals surface area contributed by atoms with E-state index in [-0.39, 0.29) is 42.7 Å². The highest BCUT2D eigenvalue weighted by atomic mass is 16.2. The van der Waals surface area contributed by atoms with Crippen molar-refractivity contribution in [1.29, 1.82) is 0 Å². The molecular weight excluding hydrogens is 380 g/mol. The van der Waals surface area contributed by atoms with Crippen LogP contribution in [0.2, 0.25) is 0 Å². The molecule has 2 aliphatic rings. The van der Waals surface area contributed by atoms with Crippen molar-refractivity contribution in [3.8, 4) is 0 Å². The van der Waals surface area contributed by atoms with Crippen LogP contribution in [-0.2, 0) is 22.7 Å². The summed E-state index contributed by atoms with van der Waals surface area (Å²) in [7, 11) is 0. The van der Waals surface area contributed by atoms with Gasteiger partial charge < -0.3 is 10.6 Å². The summed E-state index contributed by atoms with van der Waals surface area (Å²) in [4.78, 5) is 38.3. The normalized spacial score (nSPS) is 18.4. The average molecular weight is 413 g/mol. The number of benzene rings is 1. The number of nitrogens with zero attached hydrogens (tertiary/aromatic N) is 2. The Labute approximate surface area is 176 Å². The molecule has 2 amide bonds. The van der Waals surface area contributed by atoms with E-state index in [9.17, 15) is 14.4 Å². The molecule has 0 radical (unpaired) electrons. The van der Waals surface area contributed by atoms with E-state index in [2.05, 4.69) is 10.6 Å². The SMILES string of the molecule is O=C(Cn1c(=O)n(CC(=O)NC2CCCCC2)c2ccccc21)NC1CCCCC1. The lowest BCUT2D eigenvalue weighted by Gasteiger charge is -2.22. The van der Waals surface area contributed by atoms with Crippen LogP contribution in [0.4, 0.5) is 0 Å². The molecule has 2 aliphatic carbocycles. The topological polar surface area (TPSA) is 85.1 Å². The predicted octanol–water partition coefficient (Wildman–Crippen LogP) is 2.70. The highest BCUT2D eigenvalue weighted by Gasteiger charge is 2.21. The van der Waals surface area contributed by atoms with Gasteiger partial charge in [0, 0.05) is 12.1 Å². The molecule has 7 nitrogen and oxygen atoms in total. The van der Waals surface area contributed by atoms with Gasteiger partial charge in [-0.1, -0.05) is 50.7 Å². The molecule has 0 unspecified atom stereocenters. The number of hydrogen-bond donors (Lipinski definition) is 2. The third-order valence-corrected chi connectivity index (χ3v) is 6.47. The maximum atomic E-state index is 13.1. The van der Waals surface area contributed by atoms with Gasteiger partial charge in [-0.15, -0.1) is 0 Å². The number of para-hydroxylation sites is 2. The second-order valence-corrected chi connectivity index (χ2v) is 8.75. The van der Waals surface area contributed by atoms with Gasteiger partial charge in [0.2, 0.25) is 11.8 Å². The molecule has 2 saturated carbocycles. The van der Waals surface area contributed by atoms with Gasteiger partial charge in [-0.05, 0) is 37.8 Å². The van der Waals surface area contributed by atoms with Crippen LogP contribution in [0.5, 0.6) is 0 Å². The fourth-order valence-electron chi connectivity index (χ4n) is 4.91. The molecule has 2 N–H and O–H groups in total. The number of imidazole rings is 1. The van der Waals surface area contributed by atoms with Crippen molar-refractivity contribution in [3.63, 3.8) is 0 Å². The molecule has 0 aliphatic heterocycles. The lowest BCUT2D eigenvalue weighted by Crippen LogP contribution is -2.41. The summed E-state index contributed by atoms with van der Waals surface area (Å²) in [5.41, 5.74) is 1.06. The zero-order valence-corrected chi connectivity index (χ0v) is 17.6. The van der Waals surface area contributed by atoms with E-state index in [1.807, 2.05) is 24.3 Å². The van der Waals surface area contributed by atoms with Crippen molar-refractivity contribution in [2.45, 2.75) is 89.4 Å². The largest absolute Gasteiger partial charge is 0.352 e. The van der Waals surface area contributed by atoms with E-state index in [0.29, 0.717) is 11.0 Å². The number of aromatic nitrogens is 2. The minimum Gasteiger partial charge on any atom is -0.352 e. The standard InChI is InChI=1S/C23H32N4O3/c28-21(24-17-9-3-1-4-10-17)15-26-19-13-7-8-14-20(19)27(23(26)30)16-22(29)25-18-11-5-2-6-12-18/h7-8,13-14,17-18H,1-6,9-12,15-16H2,(H,24,28)(H,25,29). The number of fused-ring (bicyclic) bond motifs is 1. The van der Waals surface area contributed by atoms with Gasteiger partial charge in [0.05, 0.1) is 11.0 Å². The summed E-state index contributed by atoms with van der Waals surface area (Å²) in [6.45, 7) is -0.0415. The zero-order chi connectivity index (χ0) is 20.9. The second kappa shape index (κ2) is 9.49. The molecule has 0 bridgehead atoms. The van der Waals surface area contributed by atoms with Crippen LogP contribution < -0.4 is 16.3 Å². The average Bonchev–Trinajstić information content (AvgIpc) is 3.01. The lowest BCUT2D eigenvalue weighted by atomic mass is 9.95. The van der Waals surface area contributed by atoms with E-state index in [1.165, 1.54) is 22.0 Å². The first-order chi connectivity index (χ1) is 14.6. The van der Waals surface area contributed by atoms with Crippen molar-refractivity contribution in [1.82, 2.24) is 19.8 Å². The predicted molar refractivity (Wildman–Crippen MR) is 116 cm³/mol. The number of rotatable bonds is 6. The minimum atomic E-state index is -0.311. The van der Waals surface area contributed by atoms with E-state index < -0.39 is 0 Å². The van der Waals surface area contributed by atoms with Crippen molar-refractivity contribution < 1.29 is 9.59 Å². The van der Waals surface area contributed by atoms with Crippen molar-refractivity contribution in [2.24, 2.45) is 0 Å². The number of amides is 2. The Morgan fingerprint density at radius 1 is 0.733 bits per heavy atom. The van der Waals surface area contributed by atoms with Crippen molar-refractivity contribution in [3.05, 3.63) is 34.7 Å². The molecular formula is C23H32N4O3. The summed E-state index contributed by atoms with van der Waals surface area (Å²) < 4.78 is 2.97. The number of nitrogens with one attached hydrogen (secondary N) is 2. The molecule has 1 heterocycles. The summed E-state index contributed by atoms with van der Waals surface area (Å²) >= 11 is 0. The third-order valence-electron chi connectivity index (χ3n) is 6.47. The molecule has 30 heavy (non-hydrogen) atoms. The quantitative estimate of drug-likeness (QED) is 0.765. The lowest BCUT2D eigenvalue weighted by molar-refractivity contribution is -0.123. The van der Waals surface area contributed by atoms with Crippen LogP contribution in [0, 0.1) is 0 Å². The Balaban J connectivity index is 1.49. The van der Waals surface area contributed by atoms with E-state index >= 15 is 0 Å². The van der Waals surface area contributed by atoms with Crippen LogP contribution in [-0.4, -0.2) is 33.0 Å². The maximum absolute atomic E-state index is 13.1. The van der Waals surface area contributed by atoms with Crippen LogP contribution in [0.25, 0.3) is 11.0 Å². The Bertz CT molecular complexity index is 875. The van der Waals surface area contributed by atoms with Crippen LogP contribution in [0.3, 0.4) is 0 Å².